The quantitative estimate of drug-likeness (QED) is 0.547. The number of nitrogens with zero attached hydrogens (tertiary/aromatic N) is 3. The van der Waals surface area contributed by atoms with Crippen LogP contribution in [0.25, 0.3) is 11.0 Å². The topological polar surface area (TPSA) is 119 Å². The summed E-state index contributed by atoms with van der Waals surface area (Å²) in [6.45, 7) is 0. The highest BCUT2D eigenvalue weighted by Gasteiger charge is 2.24. The van der Waals surface area contributed by atoms with Crippen molar-refractivity contribution in [2.45, 2.75) is 17.7 Å². The molecule has 3 heterocycles. The highest BCUT2D eigenvalue weighted by atomic mass is 35.5. The van der Waals surface area contributed by atoms with Gasteiger partial charge in [0.15, 0.2) is 0 Å². The summed E-state index contributed by atoms with van der Waals surface area (Å²) in [5.74, 6) is -1.80. The largest absolute Gasteiger partial charge is 0.481 e. The highest BCUT2D eigenvalue weighted by molar-refractivity contribution is 7.93. The minimum Gasteiger partial charge on any atom is -0.481 e. The van der Waals surface area contributed by atoms with Crippen LogP contribution in [0, 0.1) is 0 Å². The molecule has 3 aromatic rings. The number of ether oxygens (including phenoxy) is 2. The van der Waals surface area contributed by atoms with Crippen molar-refractivity contribution in [2.75, 3.05) is 18.9 Å². The third-order valence-corrected chi connectivity index (χ3v) is 5.04. The van der Waals surface area contributed by atoms with Crippen molar-refractivity contribution < 1.29 is 29.4 Å². The average Bonchev–Trinajstić information content (AvgIpc) is 3.10. The first kappa shape index (κ1) is 17.4. The molecule has 0 amide bonds. The lowest BCUT2D eigenvalue weighted by molar-refractivity contribution is 0.146. The van der Waals surface area contributed by atoms with E-state index in [0.717, 1.165) is 14.2 Å². The van der Waals surface area contributed by atoms with Gasteiger partial charge in [0.25, 0.3) is 10.0 Å². The lowest BCUT2D eigenvalue weighted by Crippen LogP contribution is -2.16. The Kier molecular flexibility index (Phi) is 4.79. The molecule has 0 aliphatic carbocycles. The maximum Gasteiger partial charge on any atom is 0.266 e. The Morgan fingerprint density at radius 2 is 1.89 bits per heavy atom. The summed E-state index contributed by atoms with van der Waals surface area (Å²) < 4.78 is 79.0. The molecule has 150 valence electrons. The Bertz CT molecular complexity index is 1180. The number of pyridine rings is 1. The monoisotopic (exact) mass is 435 g/mol. The van der Waals surface area contributed by atoms with Crippen LogP contribution in [0.4, 0.5) is 14.7 Å². The van der Waals surface area contributed by atoms with Gasteiger partial charge in [-0.3, -0.25) is 0 Å². The molecule has 9 nitrogen and oxygen atoms in total. The summed E-state index contributed by atoms with van der Waals surface area (Å²) in [4.78, 5) is 13.9. The van der Waals surface area contributed by atoms with Crippen LogP contribution in [0.1, 0.15) is 8.30 Å². The predicted octanol–water partition coefficient (Wildman–Crippen LogP) is 2.63. The SMILES string of the molecule is [2H]C([2H])(c1c(OC)nc(NS(=O)(=O)c2c[nH]c3nc(Cl)ccc23)nc1OC)C(F)F. The molecule has 0 spiro atoms. The minimum atomic E-state index is -4.27. The highest BCUT2D eigenvalue weighted by Crippen LogP contribution is 2.30. The van der Waals surface area contributed by atoms with Crippen LogP contribution >= 0.6 is 11.6 Å². The first-order valence-electron chi connectivity index (χ1n) is 8.46. The number of alkyl halides is 2. The van der Waals surface area contributed by atoms with E-state index in [1.165, 1.54) is 18.3 Å². The molecule has 3 rings (SSSR count). The second-order valence-electron chi connectivity index (χ2n) is 5.17. The number of anilines is 1. The van der Waals surface area contributed by atoms with Gasteiger partial charge in [0, 0.05) is 20.7 Å². The number of sulfonamides is 1. The number of rotatable bonds is 7. The number of fused-ring (bicyclic) bond motifs is 1. The number of methoxy groups -OCH3 is 2. The van der Waals surface area contributed by atoms with Crippen LogP contribution in [0.2, 0.25) is 5.15 Å². The summed E-state index contributed by atoms with van der Waals surface area (Å²) in [7, 11) is -2.15. The molecule has 0 bridgehead atoms. The van der Waals surface area contributed by atoms with Gasteiger partial charge in [-0.2, -0.15) is 9.97 Å². The second kappa shape index (κ2) is 7.72. The van der Waals surface area contributed by atoms with Gasteiger partial charge in [-0.25, -0.2) is 26.9 Å². The summed E-state index contributed by atoms with van der Waals surface area (Å²) in [5.41, 5.74) is -0.532. The van der Waals surface area contributed by atoms with Gasteiger partial charge in [0.1, 0.15) is 15.7 Å². The first-order chi connectivity index (χ1) is 14.0. The van der Waals surface area contributed by atoms with E-state index in [1.54, 1.807) is 0 Å². The molecule has 0 fully saturated rings. The summed E-state index contributed by atoms with van der Waals surface area (Å²) in [5, 5.41) is 0.388. The van der Waals surface area contributed by atoms with Gasteiger partial charge < -0.3 is 14.5 Å². The van der Waals surface area contributed by atoms with Crippen LogP contribution in [-0.4, -0.2) is 49.0 Å². The normalized spacial score (nSPS) is 13.4. The number of aromatic nitrogens is 4. The molecule has 3 aromatic heterocycles. The van der Waals surface area contributed by atoms with Crippen molar-refractivity contribution in [1.82, 2.24) is 19.9 Å². The number of halogens is 3. The van der Waals surface area contributed by atoms with Gasteiger partial charge in [0.05, 0.1) is 19.8 Å². The van der Waals surface area contributed by atoms with Crippen LogP contribution in [0.5, 0.6) is 11.8 Å². The Hall–Kier alpha value is -2.73. The predicted molar refractivity (Wildman–Crippen MR) is 96.8 cm³/mol. The molecule has 0 aliphatic rings. The summed E-state index contributed by atoms with van der Waals surface area (Å²) in [6.07, 6.45) is -5.48. The van der Waals surface area contributed by atoms with E-state index in [1.807, 2.05) is 0 Å². The zero-order valence-corrected chi connectivity index (χ0v) is 15.9. The number of H-pyrrole nitrogens is 1. The van der Waals surface area contributed by atoms with E-state index >= 15 is 0 Å². The molecule has 0 atom stereocenters. The van der Waals surface area contributed by atoms with Gasteiger partial charge in [-0.15, -0.1) is 0 Å². The van der Waals surface area contributed by atoms with Crippen LogP contribution in [0.3, 0.4) is 0 Å². The Morgan fingerprint density at radius 1 is 1.25 bits per heavy atom. The molecule has 13 heteroatoms. The first-order valence-corrected chi connectivity index (χ1v) is 9.32. The zero-order valence-electron chi connectivity index (χ0n) is 16.3. The Balaban J connectivity index is 2.08. The average molecular weight is 436 g/mol. The van der Waals surface area contributed by atoms with Gasteiger partial charge >= 0.3 is 0 Å². The van der Waals surface area contributed by atoms with Gasteiger partial charge in [-0.05, 0) is 12.1 Å². The Labute approximate surface area is 165 Å². The Morgan fingerprint density at radius 3 is 2.46 bits per heavy atom. The molecular formula is C15H14ClF2N5O4S. The molecule has 28 heavy (non-hydrogen) atoms. The van der Waals surface area contributed by atoms with Crippen molar-refractivity contribution in [2.24, 2.45) is 0 Å². The number of aromatic amines is 1. The molecule has 0 saturated carbocycles. The third-order valence-electron chi connectivity index (χ3n) is 3.46. The summed E-state index contributed by atoms with van der Waals surface area (Å²) in [6, 6.07) is 2.85. The fourth-order valence-electron chi connectivity index (χ4n) is 2.35. The van der Waals surface area contributed by atoms with E-state index in [0.29, 0.717) is 0 Å². The number of nitrogens with one attached hydrogen (secondary N) is 2. The molecule has 0 aliphatic heterocycles. The van der Waals surface area contributed by atoms with Crippen molar-refractivity contribution in [3.63, 3.8) is 0 Å². The van der Waals surface area contributed by atoms with E-state index in [9.17, 15) is 17.2 Å². The number of hydrogen-bond donors (Lipinski definition) is 2. The van der Waals surface area contributed by atoms with E-state index in [2.05, 4.69) is 24.7 Å². The lowest BCUT2D eigenvalue weighted by Gasteiger charge is -2.13. The van der Waals surface area contributed by atoms with Gasteiger partial charge in [0.2, 0.25) is 24.1 Å². The van der Waals surface area contributed by atoms with Crippen molar-refractivity contribution in [3.8, 4) is 11.8 Å². The van der Waals surface area contributed by atoms with E-state index < -0.39 is 46.1 Å². The van der Waals surface area contributed by atoms with Crippen LogP contribution in [0.15, 0.2) is 23.2 Å². The molecule has 0 unspecified atom stereocenters. The number of hydrogen-bond acceptors (Lipinski definition) is 7. The van der Waals surface area contributed by atoms with Crippen LogP contribution < -0.4 is 14.2 Å². The molecule has 2 N–H and O–H groups in total. The van der Waals surface area contributed by atoms with Crippen molar-refractivity contribution in [3.05, 3.63) is 29.0 Å². The third kappa shape index (κ3) is 3.92. The molecular weight excluding hydrogens is 420 g/mol. The molecule has 0 radical (unpaired) electrons. The van der Waals surface area contributed by atoms with E-state index in [4.69, 9.17) is 23.8 Å². The minimum absolute atomic E-state index is 0.156. The van der Waals surface area contributed by atoms with Crippen molar-refractivity contribution in [1.29, 1.82) is 0 Å². The molecule has 0 aromatic carbocycles. The fraction of sp³-hybridized carbons (Fsp3) is 0.267. The van der Waals surface area contributed by atoms with E-state index in [-0.39, 0.29) is 21.1 Å². The zero-order chi connectivity index (χ0) is 22.3. The maximum atomic E-state index is 13.2. The fourth-order valence-corrected chi connectivity index (χ4v) is 3.61. The van der Waals surface area contributed by atoms with Crippen molar-refractivity contribution >= 4 is 38.6 Å². The maximum absolute atomic E-state index is 13.2. The summed E-state index contributed by atoms with van der Waals surface area (Å²) >= 11 is 5.78. The van der Waals surface area contributed by atoms with Crippen LogP contribution in [-0.2, 0) is 16.4 Å². The second-order valence-corrected chi connectivity index (χ2v) is 7.21. The standard InChI is InChI=1S/C15H14ClF2N5O4S/c1-26-13-8(5-11(17)18)14(27-2)22-15(21-13)23-28(24,25)9-6-19-12-7(9)3-4-10(16)20-12/h3-4,6,11H,5H2,1-2H3,(H,19,20)(H,21,22,23)/i5D2. The van der Waals surface area contributed by atoms with Gasteiger partial charge in [-0.1, -0.05) is 11.6 Å². The lowest BCUT2D eigenvalue weighted by atomic mass is 10.2. The smallest absolute Gasteiger partial charge is 0.266 e. The molecule has 0 saturated heterocycles.